The average Bonchev–Trinajstić information content (AvgIpc) is 2.45. The zero-order valence-corrected chi connectivity index (χ0v) is 10.5. The van der Waals surface area contributed by atoms with Gasteiger partial charge in [0.25, 0.3) is 5.69 Å². The van der Waals surface area contributed by atoms with Crippen LogP contribution in [0.4, 0.5) is 5.69 Å². The summed E-state index contributed by atoms with van der Waals surface area (Å²) < 4.78 is 5.57. The van der Waals surface area contributed by atoms with E-state index in [1.807, 2.05) is 6.07 Å². The lowest BCUT2D eigenvalue weighted by Gasteiger charge is -2.23. The Bertz CT molecular complexity index is 504. The van der Waals surface area contributed by atoms with Gasteiger partial charge in [-0.15, -0.1) is 0 Å². The van der Waals surface area contributed by atoms with Crippen LogP contribution in [0.2, 0.25) is 0 Å². The van der Waals surface area contributed by atoms with Crippen LogP contribution in [0.25, 0.3) is 0 Å². The number of nitro benzene ring substituents is 1. The third kappa shape index (κ3) is 3.20. The Morgan fingerprint density at radius 2 is 2.37 bits per heavy atom. The highest BCUT2D eigenvalue weighted by Gasteiger charge is 2.19. The maximum Gasteiger partial charge on any atom is 0.290 e. The van der Waals surface area contributed by atoms with Gasteiger partial charge in [-0.05, 0) is 25.5 Å². The summed E-state index contributed by atoms with van der Waals surface area (Å²) in [4.78, 5) is 10.3. The average molecular weight is 261 g/mol. The van der Waals surface area contributed by atoms with E-state index in [1.54, 1.807) is 6.07 Å². The van der Waals surface area contributed by atoms with Gasteiger partial charge in [-0.1, -0.05) is 12.5 Å². The van der Waals surface area contributed by atoms with Gasteiger partial charge in [0.1, 0.15) is 18.4 Å². The fourth-order valence-electron chi connectivity index (χ4n) is 2.16. The first-order chi connectivity index (χ1) is 9.22. The van der Waals surface area contributed by atoms with Crippen molar-refractivity contribution in [3.05, 3.63) is 33.9 Å². The van der Waals surface area contributed by atoms with E-state index in [0.717, 1.165) is 25.8 Å². The standard InChI is InChI=1S/C13H15N3O3/c14-8-11-12(16(17)18)5-3-6-13(11)19-9-10-4-1-2-7-15-10/h3,5-6,10,15H,1-2,4,7,9H2/t10-/m1/s1. The van der Waals surface area contributed by atoms with Gasteiger partial charge in [-0.2, -0.15) is 5.26 Å². The summed E-state index contributed by atoms with van der Waals surface area (Å²) in [6.45, 7) is 1.39. The van der Waals surface area contributed by atoms with Crippen molar-refractivity contribution in [3.8, 4) is 11.8 Å². The number of benzene rings is 1. The molecule has 1 aromatic rings. The molecule has 1 atom stereocenters. The SMILES string of the molecule is N#Cc1c(OC[C@H]2CCCCN2)cccc1[N+](=O)[O-]. The summed E-state index contributed by atoms with van der Waals surface area (Å²) in [5, 5.41) is 23.2. The number of nitrogens with one attached hydrogen (secondary N) is 1. The first-order valence-electron chi connectivity index (χ1n) is 6.26. The Labute approximate surface area is 111 Å². The second kappa shape index (κ2) is 6.16. The summed E-state index contributed by atoms with van der Waals surface area (Å²) in [5.74, 6) is 0.282. The van der Waals surface area contributed by atoms with Crippen LogP contribution in [0.15, 0.2) is 18.2 Å². The van der Waals surface area contributed by atoms with E-state index in [-0.39, 0.29) is 23.0 Å². The molecule has 0 unspecified atom stereocenters. The molecule has 0 saturated carbocycles. The van der Waals surface area contributed by atoms with Gasteiger partial charge in [-0.25, -0.2) is 0 Å². The molecule has 0 spiro atoms. The molecule has 0 aliphatic carbocycles. The molecule has 1 fully saturated rings. The second-order valence-corrected chi connectivity index (χ2v) is 4.48. The highest BCUT2D eigenvalue weighted by Crippen LogP contribution is 2.27. The van der Waals surface area contributed by atoms with Crippen LogP contribution in [-0.4, -0.2) is 24.1 Å². The Balaban J connectivity index is 2.09. The molecule has 1 heterocycles. The fourth-order valence-corrected chi connectivity index (χ4v) is 2.16. The highest BCUT2D eigenvalue weighted by atomic mass is 16.6. The van der Waals surface area contributed by atoms with Gasteiger partial charge in [0.05, 0.1) is 4.92 Å². The molecule has 2 rings (SSSR count). The molecule has 6 nitrogen and oxygen atoms in total. The lowest BCUT2D eigenvalue weighted by atomic mass is 10.1. The number of piperidine rings is 1. The molecule has 0 radical (unpaired) electrons. The molecule has 1 aromatic carbocycles. The van der Waals surface area contributed by atoms with E-state index in [0.29, 0.717) is 6.61 Å². The molecule has 1 saturated heterocycles. The predicted molar refractivity (Wildman–Crippen MR) is 68.9 cm³/mol. The lowest BCUT2D eigenvalue weighted by Crippen LogP contribution is -2.38. The van der Waals surface area contributed by atoms with Gasteiger partial charge in [-0.3, -0.25) is 10.1 Å². The Hall–Kier alpha value is -2.13. The van der Waals surface area contributed by atoms with Crippen LogP contribution in [0.3, 0.4) is 0 Å². The molecule has 6 heteroatoms. The molecule has 0 amide bonds. The van der Waals surface area contributed by atoms with E-state index in [2.05, 4.69) is 5.32 Å². The minimum atomic E-state index is -0.565. The van der Waals surface area contributed by atoms with Crippen LogP contribution >= 0.6 is 0 Å². The molecule has 19 heavy (non-hydrogen) atoms. The van der Waals surface area contributed by atoms with Crippen molar-refractivity contribution in [2.24, 2.45) is 0 Å². The Morgan fingerprint density at radius 1 is 1.53 bits per heavy atom. The van der Waals surface area contributed by atoms with Crippen molar-refractivity contribution >= 4 is 5.69 Å². The molecule has 1 aliphatic heterocycles. The molecule has 0 bridgehead atoms. The number of nitriles is 1. The summed E-state index contributed by atoms with van der Waals surface area (Å²) in [6, 6.07) is 6.53. The lowest BCUT2D eigenvalue weighted by molar-refractivity contribution is -0.385. The van der Waals surface area contributed by atoms with Crippen LogP contribution in [0.5, 0.6) is 5.75 Å². The van der Waals surface area contributed by atoms with Gasteiger partial charge >= 0.3 is 0 Å². The van der Waals surface area contributed by atoms with Crippen LogP contribution in [-0.2, 0) is 0 Å². The second-order valence-electron chi connectivity index (χ2n) is 4.48. The van der Waals surface area contributed by atoms with Gasteiger partial charge in [0, 0.05) is 12.1 Å². The van der Waals surface area contributed by atoms with E-state index >= 15 is 0 Å². The minimum Gasteiger partial charge on any atom is -0.490 e. The van der Waals surface area contributed by atoms with Crippen LogP contribution in [0.1, 0.15) is 24.8 Å². The molecular weight excluding hydrogens is 246 g/mol. The normalized spacial score (nSPS) is 18.6. The number of nitro groups is 1. The molecule has 1 N–H and O–H groups in total. The Kier molecular flexibility index (Phi) is 4.31. The maximum absolute atomic E-state index is 10.8. The van der Waals surface area contributed by atoms with Crippen molar-refractivity contribution in [2.75, 3.05) is 13.2 Å². The molecular formula is C13H15N3O3. The number of rotatable bonds is 4. The third-order valence-corrected chi connectivity index (χ3v) is 3.17. The number of hydrogen-bond donors (Lipinski definition) is 1. The number of nitrogens with zero attached hydrogens (tertiary/aromatic N) is 2. The number of ether oxygens (including phenoxy) is 1. The number of hydrogen-bond acceptors (Lipinski definition) is 5. The van der Waals surface area contributed by atoms with E-state index < -0.39 is 4.92 Å². The topological polar surface area (TPSA) is 88.2 Å². The zero-order valence-electron chi connectivity index (χ0n) is 10.5. The summed E-state index contributed by atoms with van der Waals surface area (Å²) in [5.41, 5.74) is -0.222. The Morgan fingerprint density at radius 3 is 3.00 bits per heavy atom. The predicted octanol–water partition coefficient (Wildman–Crippen LogP) is 1.99. The summed E-state index contributed by atoms with van der Waals surface area (Å²) >= 11 is 0. The van der Waals surface area contributed by atoms with Crippen molar-refractivity contribution in [2.45, 2.75) is 25.3 Å². The zero-order chi connectivity index (χ0) is 13.7. The first kappa shape index (κ1) is 13.3. The van der Waals surface area contributed by atoms with Gasteiger partial charge in [0.2, 0.25) is 0 Å². The van der Waals surface area contributed by atoms with E-state index in [9.17, 15) is 10.1 Å². The molecule has 1 aliphatic rings. The van der Waals surface area contributed by atoms with Crippen molar-refractivity contribution in [1.82, 2.24) is 5.32 Å². The van der Waals surface area contributed by atoms with Crippen LogP contribution in [0, 0.1) is 21.4 Å². The quantitative estimate of drug-likeness (QED) is 0.661. The summed E-state index contributed by atoms with van der Waals surface area (Å²) in [6.07, 6.45) is 3.34. The monoisotopic (exact) mass is 261 g/mol. The van der Waals surface area contributed by atoms with Gasteiger partial charge < -0.3 is 10.1 Å². The van der Waals surface area contributed by atoms with E-state index in [4.69, 9.17) is 10.00 Å². The highest BCUT2D eigenvalue weighted by molar-refractivity contribution is 5.56. The van der Waals surface area contributed by atoms with Crippen molar-refractivity contribution < 1.29 is 9.66 Å². The maximum atomic E-state index is 10.8. The summed E-state index contributed by atoms with van der Waals surface area (Å²) in [7, 11) is 0. The fraction of sp³-hybridized carbons (Fsp3) is 0.462. The molecule has 100 valence electrons. The van der Waals surface area contributed by atoms with Crippen molar-refractivity contribution in [3.63, 3.8) is 0 Å². The van der Waals surface area contributed by atoms with Gasteiger partial charge in [0.15, 0.2) is 5.56 Å². The first-order valence-corrected chi connectivity index (χ1v) is 6.26. The molecule has 0 aromatic heterocycles. The van der Waals surface area contributed by atoms with E-state index in [1.165, 1.54) is 12.1 Å². The minimum absolute atomic E-state index is 0.0108. The van der Waals surface area contributed by atoms with Crippen molar-refractivity contribution in [1.29, 1.82) is 5.26 Å². The third-order valence-electron chi connectivity index (χ3n) is 3.17. The smallest absolute Gasteiger partial charge is 0.290 e. The largest absolute Gasteiger partial charge is 0.490 e. The van der Waals surface area contributed by atoms with Crippen LogP contribution < -0.4 is 10.1 Å².